The summed E-state index contributed by atoms with van der Waals surface area (Å²) in [6.07, 6.45) is -0.413. The lowest BCUT2D eigenvalue weighted by Gasteiger charge is -2.18. The summed E-state index contributed by atoms with van der Waals surface area (Å²) >= 11 is 0. The zero-order valence-electron chi connectivity index (χ0n) is 17.1. The smallest absolute Gasteiger partial charge is 0.361 e. The van der Waals surface area contributed by atoms with Crippen LogP contribution < -0.4 is 0 Å². The molecule has 0 radical (unpaired) electrons. The van der Waals surface area contributed by atoms with Gasteiger partial charge in [0.1, 0.15) is 0 Å². The molecule has 2 aromatic heterocycles. The van der Waals surface area contributed by atoms with E-state index in [4.69, 9.17) is 0 Å². The Morgan fingerprint density at radius 1 is 0.677 bits per heavy atom. The van der Waals surface area contributed by atoms with E-state index in [0.717, 1.165) is 49.6 Å². The highest BCUT2D eigenvalue weighted by atomic mass is 19.4. The Morgan fingerprint density at radius 2 is 1.16 bits per heavy atom. The summed E-state index contributed by atoms with van der Waals surface area (Å²) in [5.41, 5.74) is 6.58. The summed E-state index contributed by atoms with van der Waals surface area (Å²) in [4.78, 5) is 6.69. The topological polar surface area (TPSA) is 31.6 Å². The van der Waals surface area contributed by atoms with Crippen molar-refractivity contribution in [2.45, 2.75) is 25.9 Å². The third-order valence-corrected chi connectivity index (χ3v) is 5.93. The van der Waals surface area contributed by atoms with Crippen LogP contribution in [0.15, 0.2) is 73.1 Å². The van der Waals surface area contributed by atoms with E-state index in [-0.39, 0.29) is 5.92 Å². The van der Waals surface area contributed by atoms with Crippen molar-refractivity contribution in [3.8, 4) is 0 Å². The number of rotatable bonds is 3. The van der Waals surface area contributed by atoms with Crippen LogP contribution in [0.1, 0.15) is 39.3 Å². The van der Waals surface area contributed by atoms with Gasteiger partial charge in [-0.3, -0.25) is 0 Å². The van der Waals surface area contributed by atoms with Crippen LogP contribution in [-0.2, 0) is 6.18 Å². The number of benzene rings is 3. The molecule has 0 unspecified atom stereocenters. The molecular weight excluding hydrogens is 397 g/mol. The number of alkyl halides is 3. The molecule has 0 spiro atoms. The first-order chi connectivity index (χ1) is 14.8. The Labute approximate surface area is 177 Å². The molecule has 0 bridgehead atoms. The van der Waals surface area contributed by atoms with Crippen molar-refractivity contribution in [3.05, 3.63) is 106 Å². The fourth-order valence-corrected chi connectivity index (χ4v) is 4.39. The first-order valence-electron chi connectivity index (χ1n) is 10.1. The SMILES string of the molecule is Cc1ccc2c(C(c3ccc(C(F)(F)F)cc3)c3c[nH]c4cc(C)ccc34)c[nH]c2c1. The largest absolute Gasteiger partial charge is 0.416 e. The van der Waals surface area contributed by atoms with Gasteiger partial charge >= 0.3 is 6.18 Å². The van der Waals surface area contributed by atoms with Gasteiger partial charge in [0.25, 0.3) is 0 Å². The normalized spacial score (nSPS) is 12.3. The van der Waals surface area contributed by atoms with E-state index in [1.54, 1.807) is 12.1 Å². The number of fused-ring (bicyclic) bond motifs is 2. The Morgan fingerprint density at radius 3 is 1.61 bits per heavy atom. The average Bonchev–Trinajstić information content (AvgIpc) is 3.32. The highest BCUT2D eigenvalue weighted by Gasteiger charge is 2.31. The van der Waals surface area contributed by atoms with Crippen molar-refractivity contribution in [2.75, 3.05) is 0 Å². The Bertz CT molecular complexity index is 1310. The summed E-state index contributed by atoms with van der Waals surface area (Å²) in [6.45, 7) is 4.07. The molecule has 0 aliphatic heterocycles. The van der Waals surface area contributed by atoms with E-state index in [1.165, 1.54) is 12.1 Å². The van der Waals surface area contributed by atoms with Gasteiger partial charge in [-0.1, -0.05) is 36.4 Å². The van der Waals surface area contributed by atoms with Crippen molar-refractivity contribution in [1.82, 2.24) is 9.97 Å². The zero-order valence-corrected chi connectivity index (χ0v) is 17.1. The number of aromatic nitrogens is 2. The molecule has 3 aromatic carbocycles. The maximum Gasteiger partial charge on any atom is 0.416 e. The maximum atomic E-state index is 13.1. The molecule has 0 amide bonds. The lowest BCUT2D eigenvalue weighted by atomic mass is 9.84. The molecule has 156 valence electrons. The fraction of sp³-hybridized carbons (Fsp3) is 0.154. The van der Waals surface area contributed by atoms with Crippen LogP contribution in [0.2, 0.25) is 0 Å². The number of aryl methyl sites for hydroxylation is 2. The summed E-state index contributed by atoms with van der Waals surface area (Å²) in [7, 11) is 0. The number of hydrogen-bond acceptors (Lipinski definition) is 0. The molecule has 2 heterocycles. The molecule has 2 N–H and O–H groups in total. The van der Waals surface area contributed by atoms with Crippen LogP contribution in [0.4, 0.5) is 13.2 Å². The van der Waals surface area contributed by atoms with Gasteiger partial charge in [0.05, 0.1) is 5.56 Å². The van der Waals surface area contributed by atoms with Gasteiger partial charge in [0.2, 0.25) is 0 Å². The number of halogens is 3. The highest BCUT2D eigenvalue weighted by molar-refractivity contribution is 5.89. The van der Waals surface area contributed by atoms with Crippen molar-refractivity contribution in [1.29, 1.82) is 0 Å². The molecule has 31 heavy (non-hydrogen) atoms. The van der Waals surface area contributed by atoms with Crippen LogP contribution in [-0.4, -0.2) is 9.97 Å². The van der Waals surface area contributed by atoms with E-state index in [1.807, 2.05) is 26.2 Å². The van der Waals surface area contributed by atoms with Gasteiger partial charge < -0.3 is 9.97 Å². The molecule has 0 aliphatic carbocycles. The van der Waals surface area contributed by atoms with Gasteiger partial charge in [0, 0.05) is 40.1 Å². The molecule has 5 rings (SSSR count). The van der Waals surface area contributed by atoms with E-state index >= 15 is 0 Å². The summed E-state index contributed by atoms with van der Waals surface area (Å²) in [5.74, 6) is -0.213. The van der Waals surface area contributed by atoms with Crippen molar-refractivity contribution < 1.29 is 13.2 Å². The van der Waals surface area contributed by atoms with Crippen LogP contribution in [0.5, 0.6) is 0 Å². The van der Waals surface area contributed by atoms with Gasteiger partial charge in [-0.05, 0) is 65.9 Å². The van der Waals surface area contributed by atoms with Gasteiger partial charge in [-0.2, -0.15) is 13.2 Å². The second kappa shape index (κ2) is 7.05. The molecule has 0 saturated carbocycles. The van der Waals surface area contributed by atoms with Crippen LogP contribution in [0.3, 0.4) is 0 Å². The van der Waals surface area contributed by atoms with Crippen LogP contribution in [0.25, 0.3) is 21.8 Å². The molecule has 0 saturated heterocycles. The zero-order chi connectivity index (χ0) is 21.8. The van der Waals surface area contributed by atoms with E-state index in [0.29, 0.717) is 0 Å². The molecule has 2 nitrogen and oxygen atoms in total. The molecule has 0 aliphatic rings. The monoisotopic (exact) mass is 418 g/mol. The lowest BCUT2D eigenvalue weighted by Crippen LogP contribution is -2.07. The molecule has 5 aromatic rings. The quantitative estimate of drug-likeness (QED) is 0.305. The first-order valence-corrected chi connectivity index (χ1v) is 10.1. The number of aromatic amines is 2. The molecule has 0 atom stereocenters. The number of hydrogen-bond donors (Lipinski definition) is 2. The van der Waals surface area contributed by atoms with Crippen LogP contribution in [0, 0.1) is 13.8 Å². The minimum absolute atomic E-state index is 0.213. The van der Waals surface area contributed by atoms with Crippen molar-refractivity contribution in [3.63, 3.8) is 0 Å². The summed E-state index contributed by atoms with van der Waals surface area (Å²) < 4.78 is 39.4. The van der Waals surface area contributed by atoms with Gasteiger partial charge in [0.15, 0.2) is 0 Å². The molecule has 5 heteroatoms. The van der Waals surface area contributed by atoms with Gasteiger partial charge in [-0.15, -0.1) is 0 Å². The second-order valence-electron chi connectivity index (χ2n) is 8.14. The van der Waals surface area contributed by atoms with E-state index in [2.05, 4.69) is 46.4 Å². The highest BCUT2D eigenvalue weighted by Crippen LogP contribution is 2.40. The minimum Gasteiger partial charge on any atom is -0.361 e. The van der Waals surface area contributed by atoms with Crippen LogP contribution >= 0.6 is 0 Å². The van der Waals surface area contributed by atoms with Gasteiger partial charge in [-0.25, -0.2) is 0 Å². The second-order valence-corrected chi connectivity index (χ2v) is 8.14. The number of nitrogens with one attached hydrogen (secondary N) is 2. The molecule has 0 fully saturated rings. The Kier molecular flexibility index (Phi) is 4.43. The predicted octanol–water partition coefficient (Wildman–Crippen LogP) is 7.47. The maximum absolute atomic E-state index is 13.1. The summed E-state index contributed by atoms with van der Waals surface area (Å²) in [6, 6.07) is 18.0. The Balaban J connectivity index is 1.74. The Hall–Kier alpha value is -3.47. The lowest BCUT2D eigenvalue weighted by molar-refractivity contribution is -0.137. The summed E-state index contributed by atoms with van der Waals surface area (Å²) in [5, 5.41) is 2.13. The third kappa shape index (κ3) is 3.40. The van der Waals surface area contributed by atoms with E-state index in [9.17, 15) is 13.2 Å². The molecular formula is C26H21F3N2. The predicted molar refractivity (Wildman–Crippen MR) is 118 cm³/mol. The van der Waals surface area contributed by atoms with Crippen molar-refractivity contribution >= 4 is 21.8 Å². The number of H-pyrrole nitrogens is 2. The third-order valence-electron chi connectivity index (χ3n) is 5.93. The first kappa shape index (κ1) is 19.5. The fourth-order valence-electron chi connectivity index (χ4n) is 4.39. The average molecular weight is 418 g/mol. The minimum atomic E-state index is -4.36. The standard InChI is InChI=1S/C26H21F3N2/c1-15-3-9-19-21(13-30-23(19)11-15)25(17-5-7-18(8-6-17)26(27,28)29)22-14-31-24-12-16(2)4-10-20(22)24/h3-14,25,30-31H,1-2H3. The van der Waals surface area contributed by atoms with E-state index < -0.39 is 11.7 Å². The van der Waals surface area contributed by atoms with Crippen molar-refractivity contribution in [2.24, 2.45) is 0 Å².